The Hall–Kier alpha value is -1.78. The topological polar surface area (TPSA) is 66.0 Å². The molecule has 1 heterocycles. The fourth-order valence-electron chi connectivity index (χ4n) is 1.28. The number of hydrazone groups is 1. The van der Waals surface area contributed by atoms with E-state index in [1.807, 2.05) is 0 Å². The molecule has 1 aromatic rings. The van der Waals surface area contributed by atoms with E-state index >= 15 is 0 Å². The van der Waals surface area contributed by atoms with Gasteiger partial charge in [0, 0.05) is 20.2 Å². The van der Waals surface area contributed by atoms with E-state index in [0.717, 1.165) is 0 Å². The van der Waals surface area contributed by atoms with E-state index in [0.29, 0.717) is 11.5 Å². The molecule has 5 heteroatoms. The fraction of sp³-hybridized carbons (Fsp3) is 0.400. The molecule has 1 rings (SSSR count). The summed E-state index contributed by atoms with van der Waals surface area (Å²) >= 11 is 0. The molecule has 0 bridgehead atoms. The van der Waals surface area contributed by atoms with Crippen LogP contribution in [0.2, 0.25) is 0 Å². The second-order valence-electron chi connectivity index (χ2n) is 3.44. The summed E-state index contributed by atoms with van der Waals surface area (Å²) in [6, 6.07) is 1.39. The number of hydrogen-bond donors (Lipinski definition) is 1. The Morgan fingerprint density at radius 2 is 2.13 bits per heavy atom. The van der Waals surface area contributed by atoms with Crippen LogP contribution in [-0.2, 0) is 0 Å². The summed E-state index contributed by atoms with van der Waals surface area (Å²) in [7, 11) is 3.46. The van der Waals surface area contributed by atoms with Gasteiger partial charge in [0.15, 0.2) is 0 Å². The number of aryl methyl sites for hydroxylation is 1. The first-order valence-electron chi connectivity index (χ1n) is 4.48. The van der Waals surface area contributed by atoms with Crippen LogP contribution in [0, 0.1) is 6.92 Å². The van der Waals surface area contributed by atoms with Gasteiger partial charge in [-0.2, -0.15) is 5.10 Å². The largest absolute Gasteiger partial charge is 0.507 e. The Kier molecular flexibility index (Phi) is 3.14. The van der Waals surface area contributed by atoms with Crippen LogP contribution >= 0.6 is 0 Å². The van der Waals surface area contributed by atoms with Crippen LogP contribution < -0.4 is 5.63 Å². The molecule has 0 aromatic carbocycles. The molecule has 0 saturated carbocycles. The second-order valence-corrected chi connectivity index (χ2v) is 3.44. The quantitative estimate of drug-likeness (QED) is 0.582. The molecule has 0 unspecified atom stereocenters. The lowest BCUT2D eigenvalue weighted by molar-refractivity contribution is 0.425. The molecule has 0 aliphatic heterocycles. The summed E-state index contributed by atoms with van der Waals surface area (Å²) in [6.07, 6.45) is 0. The van der Waals surface area contributed by atoms with Crippen LogP contribution in [0.3, 0.4) is 0 Å². The molecule has 0 radical (unpaired) electrons. The average Bonchev–Trinajstić information content (AvgIpc) is 1.99. The maximum atomic E-state index is 11.5. The van der Waals surface area contributed by atoms with E-state index in [9.17, 15) is 9.90 Å². The first-order chi connectivity index (χ1) is 6.91. The van der Waals surface area contributed by atoms with Gasteiger partial charge in [-0.05, 0) is 13.8 Å². The molecule has 0 atom stereocenters. The van der Waals surface area contributed by atoms with Crippen molar-refractivity contribution in [3.8, 4) is 5.75 Å². The van der Waals surface area contributed by atoms with Gasteiger partial charge in [-0.1, -0.05) is 0 Å². The molecule has 0 aliphatic carbocycles. The number of hydrogen-bond acceptors (Lipinski definition) is 5. The third-order valence-electron chi connectivity index (χ3n) is 1.77. The Labute approximate surface area is 87.6 Å². The lowest BCUT2D eigenvalue weighted by atomic mass is 10.2. The van der Waals surface area contributed by atoms with Gasteiger partial charge >= 0.3 is 5.63 Å². The molecule has 0 amide bonds. The summed E-state index contributed by atoms with van der Waals surface area (Å²) in [5, 5.41) is 15.2. The van der Waals surface area contributed by atoms with Crippen LogP contribution in [-0.4, -0.2) is 29.9 Å². The molecule has 5 nitrogen and oxygen atoms in total. The van der Waals surface area contributed by atoms with E-state index in [2.05, 4.69) is 5.10 Å². The Morgan fingerprint density at radius 3 is 2.60 bits per heavy atom. The normalized spacial score (nSPS) is 11.6. The van der Waals surface area contributed by atoms with Crippen molar-refractivity contribution in [2.45, 2.75) is 13.8 Å². The Balaban J connectivity index is 3.33. The van der Waals surface area contributed by atoms with Crippen molar-refractivity contribution in [2.24, 2.45) is 5.10 Å². The highest BCUT2D eigenvalue weighted by molar-refractivity contribution is 6.00. The highest BCUT2D eigenvalue weighted by Crippen LogP contribution is 2.15. The summed E-state index contributed by atoms with van der Waals surface area (Å²) in [4.78, 5) is 11.5. The molecular formula is C10H14N2O3. The minimum atomic E-state index is -0.574. The van der Waals surface area contributed by atoms with Crippen molar-refractivity contribution < 1.29 is 9.52 Å². The van der Waals surface area contributed by atoms with Gasteiger partial charge in [-0.25, -0.2) is 4.79 Å². The van der Waals surface area contributed by atoms with Gasteiger partial charge < -0.3 is 14.5 Å². The lowest BCUT2D eigenvalue weighted by Crippen LogP contribution is -2.16. The van der Waals surface area contributed by atoms with Crippen LogP contribution in [0.5, 0.6) is 5.75 Å². The summed E-state index contributed by atoms with van der Waals surface area (Å²) in [5.74, 6) is 0.269. The van der Waals surface area contributed by atoms with Gasteiger partial charge in [-0.3, -0.25) is 0 Å². The average molecular weight is 210 g/mol. The van der Waals surface area contributed by atoms with Crippen molar-refractivity contribution in [3.05, 3.63) is 27.8 Å². The molecule has 1 aromatic heterocycles. The monoisotopic (exact) mass is 210 g/mol. The molecule has 0 spiro atoms. The Bertz CT molecular complexity index is 446. The maximum Gasteiger partial charge on any atom is 0.348 e. The standard InChI is InChI=1S/C10H14N2O3/c1-6-5-8(13)9(10(14)15-6)7(2)11-12(3)4/h5,13H,1-4H3/b11-7+. The van der Waals surface area contributed by atoms with E-state index < -0.39 is 5.63 Å². The van der Waals surface area contributed by atoms with Gasteiger partial charge in [0.1, 0.15) is 17.1 Å². The van der Waals surface area contributed by atoms with Gasteiger partial charge in [0.05, 0.1) is 5.71 Å². The van der Waals surface area contributed by atoms with Crippen LogP contribution in [0.1, 0.15) is 18.2 Å². The van der Waals surface area contributed by atoms with Crippen molar-refractivity contribution in [3.63, 3.8) is 0 Å². The van der Waals surface area contributed by atoms with Gasteiger partial charge in [0.25, 0.3) is 0 Å². The zero-order valence-corrected chi connectivity index (χ0v) is 9.24. The van der Waals surface area contributed by atoms with Gasteiger partial charge in [0.2, 0.25) is 0 Å². The van der Waals surface area contributed by atoms with E-state index in [-0.39, 0.29) is 11.3 Å². The first kappa shape index (κ1) is 11.3. The predicted molar refractivity (Wildman–Crippen MR) is 57.3 cm³/mol. The molecular weight excluding hydrogens is 196 g/mol. The highest BCUT2D eigenvalue weighted by Gasteiger charge is 2.12. The molecule has 0 saturated heterocycles. The predicted octanol–water partition coefficient (Wildman–Crippen LogP) is 0.939. The minimum absolute atomic E-state index is 0.105. The number of rotatable bonds is 2. The SMILES string of the molecule is C/C(=N\N(C)C)c1c(O)cc(C)oc1=O. The smallest absolute Gasteiger partial charge is 0.348 e. The zero-order chi connectivity index (χ0) is 11.6. The highest BCUT2D eigenvalue weighted by atomic mass is 16.4. The Morgan fingerprint density at radius 1 is 1.53 bits per heavy atom. The van der Waals surface area contributed by atoms with Gasteiger partial charge in [-0.15, -0.1) is 0 Å². The van der Waals surface area contributed by atoms with E-state index in [1.165, 1.54) is 6.07 Å². The minimum Gasteiger partial charge on any atom is -0.507 e. The molecule has 15 heavy (non-hydrogen) atoms. The van der Waals surface area contributed by atoms with Crippen molar-refractivity contribution >= 4 is 5.71 Å². The second kappa shape index (κ2) is 4.16. The summed E-state index contributed by atoms with van der Waals surface area (Å²) in [6.45, 7) is 3.24. The zero-order valence-electron chi connectivity index (χ0n) is 9.24. The summed E-state index contributed by atoms with van der Waals surface area (Å²) < 4.78 is 4.88. The first-order valence-corrected chi connectivity index (χ1v) is 4.48. The van der Waals surface area contributed by atoms with Crippen molar-refractivity contribution in [2.75, 3.05) is 14.1 Å². The van der Waals surface area contributed by atoms with Crippen molar-refractivity contribution in [1.29, 1.82) is 0 Å². The molecule has 82 valence electrons. The molecule has 1 N–H and O–H groups in total. The van der Waals surface area contributed by atoms with Crippen LogP contribution in [0.4, 0.5) is 0 Å². The van der Waals surface area contributed by atoms with E-state index in [1.54, 1.807) is 33.0 Å². The fourth-order valence-corrected chi connectivity index (χ4v) is 1.28. The van der Waals surface area contributed by atoms with Crippen LogP contribution in [0.15, 0.2) is 20.4 Å². The number of nitrogens with zero attached hydrogens (tertiary/aromatic N) is 2. The maximum absolute atomic E-state index is 11.5. The van der Waals surface area contributed by atoms with Crippen LogP contribution in [0.25, 0.3) is 0 Å². The van der Waals surface area contributed by atoms with E-state index in [4.69, 9.17) is 4.42 Å². The van der Waals surface area contributed by atoms with Crippen molar-refractivity contribution in [1.82, 2.24) is 5.01 Å². The lowest BCUT2D eigenvalue weighted by Gasteiger charge is -2.07. The summed E-state index contributed by atoms with van der Waals surface area (Å²) in [5.41, 5.74) is -0.0452. The molecule has 0 fully saturated rings. The number of aromatic hydroxyl groups is 1. The third-order valence-corrected chi connectivity index (χ3v) is 1.77. The molecule has 0 aliphatic rings. The third kappa shape index (κ3) is 2.59.